The lowest BCUT2D eigenvalue weighted by molar-refractivity contribution is -0.140. The third-order valence-corrected chi connectivity index (χ3v) is 7.04. The number of carbonyl (C=O) groups excluding carboxylic acids is 2. The molecule has 186 valence electrons. The number of hydrogen-bond acceptors (Lipinski definition) is 7. The van der Waals surface area contributed by atoms with E-state index in [4.69, 9.17) is 22.4 Å². The standard InChI is InChI=1S/C24H23ClN6O5/c25-14-8-27-22-19(18(14)29-17-11-5-4-10(6-11)16(17)20(26)33)30-21(31-22)12-2-1-3-13(7-12)23(34)28-15(9-32)24(35)36/h1-5,7-8,10-11,15-17,32H,6,9H2,(H2,26,33)(H,28,34)(H,35,36)(H2,27,29,30,31). The van der Waals surface area contributed by atoms with Crippen molar-refractivity contribution in [2.24, 2.45) is 23.5 Å². The molecule has 2 heterocycles. The highest BCUT2D eigenvalue weighted by Gasteiger charge is 2.47. The average molecular weight is 511 g/mol. The van der Waals surface area contributed by atoms with Gasteiger partial charge in [-0.2, -0.15) is 0 Å². The van der Waals surface area contributed by atoms with Crippen molar-refractivity contribution in [2.75, 3.05) is 11.9 Å². The monoisotopic (exact) mass is 510 g/mol. The molecule has 12 heteroatoms. The number of nitrogens with zero attached hydrogens (tertiary/aromatic N) is 2. The van der Waals surface area contributed by atoms with Crippen molar-refractivity contribution in [1.29, 1.82) is 0 Å². The van der Waals surface area contributed by atoms with Crippen LogP contribution in [0.15, 0.2) is 42.6 Å². The second-order valence-electron chi connectivity index (χ2n) is 8.94. The van der Waals surface area contributed by atoms with Crippen LogP contribution in [0.2, 0.25) is 5.02 Å². The van der Waals surface area contributed by atoms with Crippen molar-refractivity contribution in [2.45, 2.75) is 18.5 Å². The first-order valence-corrected chi connectivity index (χ1v) is 11.7. The number of nitrogens with one attached hydrogen (secondary N) is 3. The van der Waals surface area contributed by atoms with Crippen LogP contribution in [-0.4, -0.2) is 61.6 Å². The zero-order chi connectivity index (χ0) is 25.6. The zero-order valence-electron chi connectivity index (χ0n) is 18.8. The van der Waals surface area contributed by atoms with E-state index in [1.165, 1.54) is 12.3 Å². The number of aromatic nitrogens is 3. The Hall–Kier alpha value is -3.96. The Morgan fingerprint density at radius 2 is 2.03 bits per heavy atom. The van der Waals surface area contributed by atoms with E-state index in [0.717, 1.165) is 6.42 Å². The smallest absolute Gasteiger partial charge is 0.328 e. The molecule has 0 radical (unpaired) electrons. The number of primary amides is 1. The molecule has 0 aliphatic heterocycles. The molecule has 1 fully saturated rings. The second-order valence-corrected chi connectivity index (χ2v) is 9.35. The summed E-state index contributed by atoms with van der Waals surface area (Å²) < 4.78 is 0. The van der Waals surface area contributed by atoms with Gasteiger partial charge in [-0.3, -0.25) is 9.59 Å². The maximum Gasteiger partial charge on any atom is 0.328 e. The van der Waals surface area contributed by atoms with Crippen LogP contribution in [0.3, 0.4) is 0 Å². The van der Waals surface area contributed by atoms with E-state index >= 15 is 0 Å². The van der Waals surface area contributed by atoms with Gasteiger partial charge in [0.25, 0.3) is 5.91 Å². The number of amides is 2. The first-order valence-electron chi connectivity index (χ1n) is 11.3. The molecule has 1 saturated carbocycles. The Morgan fingerprint density at radius 3 is 2.75 bits per heavy atom. The fourth-order valence-corrected chi connectivity index (χ4v) is 5.22. The van der Waals surface area contributed by atoms with E-state index in [9.17, 15) is 19.5 Å². The Labute approximate surface area is 209 Å². The number of carboxylic acid groups (broad SMARTS) is 1. The predicted octanol–water partition coefficient (Wildman–Crippen LogP) is 1.54. The number of aliphatic hydroxyl groups excluding tert-OH is 1. The molecular formula is C24H23ClN6O5. The number of fused-ring (bicyclic) bond motifs is 3. The van der Waals surface area contributed by atoms with Gasteiger partial charge in [0.05, 0.1) is 29.4 Å². The van der Waals surface area contributed by atoms with Gasteiger partial charge in [0.2, 0.25) is 5.91 Å². The summed E-state index contributed by atoms with van der Waals surface area (Å²) in [6, 6.07) is 4.79. The summed E-state index contributed by atoms with van der Waals surface area (Å²) in [6.07, 6.45) is 6.45. The van der Waals surface area contributed by atoms with Crippen LogP contribution in [0.25, 0.3) is 22.6 Å². The zero-order valence-corrected chi connectivity index (χ0v) is 19.6. The molecule has 36 heavy (non-hydrogen) atoms. The SMILES string of the molecule is NC(=O)C1C2C=CC(C2)C1Nc1c(Cl)cnc2nc(-c3cccc(C(=O)NC(CO)C(=O)O)c3)[nH]c12. The van der Waals surface area contributed by atoms with Crippen molar-refractivity contribution in [3.05, 3.63) is 53.2 Å². The normalized spacial score (nSPS) is 23.1. The van der Waals surface area contributed by atoms with Crippen molar-refractivity contribution in [3.8, 4) is 11.4 Å². The molecule has 0 saturated heterocycles. The fourth-order valence-electron chi connectivity index (χ4n) is 5.02. The number of carboxylic acids is 1. The summed E-state index contributed by atoms with van der Waals surface area (Å²) in [6.45, 7) is -0.735. The molecule has 2 amide bonds. The number of pyridine rings is 1. The molecule has 5 unspecified atom stereocenters. The van der Waals surface area contributed by atoms with Gasteiger partial charge in [0.15, 0.2) is 11.7 Å². The lowest BCUT2D eigenvalue weighted by atomic mass is 9.88. The summed E-state index contributed by atoms with van der Waals surface area (Å²) in [5, 5.41) is 24.3. The van der Waals surface area contributed by atoms with E-state index in [1.54, 1.807) is 18.2 Å². The fraction of sp³-hybridized carbons (Fsp3) is 0.292. The number of halogens is 1. The van der Waals surface area contributed by atoms with Crippen LogP contribution in [-0.2, 0) is 9.59 Å². The Balaban J connectivity index is 1.46. The number of aliphatic hydroxyl groups is 1. The number of aromatic amines is 1. The molecule has 11 nitrogen and oxygen atoms in total. The minimum Gasteiger partial charge on any atom is -0.480 e. The van der Waals surface area contributed by atoms with Gasteiger partial charge in [0.1, 0.15) is 11.3 Å². The van der Waals surface area contributed by atoms with Crippen molar-refractivity contribution < 1.29 is 24.6 Å². The van der Waals surface area contributed by atoms with Crippen molar-refractivity contribution in [1.82, 2.24) is 20.3 Å². The molecule has 2 aromatic heterocycles. The van der Waals surface area contributed by atoms with Crippen LogP contribution in [0.1, 0.15) is 16.8 Å². The quantitative estimate of drug-likeness (QED) is 0.246. The lowest BCUT2D eigenvalue weighted by Gasteiger charge is -2.28. The lowest BCUT2D eigenvalue weighted by Crippen LogP contribution is -2.43. The number of rotatable bonds is 8. The first kappa shape index (κ1) is 23.8. The largest absolute Gasteiger partial charge is 0.480 e. The maximum absolute atomic E-state index is 12.5. The number of aliphatic carboxylic acids is 1. The van der Waals surface area contributed by atoms with Gasteiger partial charge in [-0.15, -0.1) is 0 Å². The number of carbonyl (C=O) groups is 3. The number of imidazole rings is 1. The molecule has 1 aromatic carbocycles. The third kappa shape index (κ3) is 4.16. The van der Waals surface area contributed by atoms with Crippen molar-refractivity contribution in [3.63, 3.8) is 0 Å². The summed E-state index contributed by atoms with van der Waals surface area (Å²) in [4.78, 5) is 47.8. The molecule has 7 N–H and O–H groups in total. The van der Waals surface area contributed by atoms with E-state index < -0.39 is 24.5 Å². The van der Waals surface area contributed by atoms with Crippen LogP contribution in [0.5, 0.6) is 0 Å². The van der Waals surface area contributed by atoms with Gasteiger partial charge in [-0.1, -0.05) is 35.9 Å². The highest BCUT2D eigenvalue weighted by molar-refractivity contribution is 6.34. The van der Waals surface area contributed by atoms with Crippen LogP contribution >= 0.6 is 11.6 Å². The van der Waals surface area contributed by atoms with Gasteiger partial charge in [-0.25, -0.2) is 14.8 Å². The van der Waals surface area contributed by atoms with E-state index in [0.29, 0.717) is 33.3 Å². The summed E-state index contributed by atoms with van der Waals surface area (Å²) in [5.74, 6) is -2.06. The van der Waals surface area contributed by atoms with E-state index in [1.807, 2.05) is 6.08 Å². The average Bonchev–Trinajstić information content (AvgIpc) is 3.58. The molecule has 3 aromatic rings. The topological polar surface area (TPSA) is 183 Å². The second kappa shape index (κ2) is 9.25. The van der Waals surface area contributed by atoms with Crippen LogP contribution in [0, 0.1) is 17.8 Å². The third-order valence-electron chi connectivity index (χ3n) is 6.76. The van der Waals surface area contributed by atoms with Gasteiger partial charge in [0, 0.05) is 17.2 Å². The first-order chi connectivity index (χ1) is 17.3. The predicted molar refractivity (Wildman–Crippen MR) is 131 cm³/mol. The minimum absolute atomic E-state index is 0.0962. The van der Waals surface area contributed by atoms with Gasteiger partial charge < -0.3 is 31.6 Å². The number of benzene rings is 1. The Kier molecular flexibility index (Phi) is 6.10. The van der Waals surface area contributed by atoms with E-state index in [2.05, 4.69) is 31.7 Å². The number of anilines is 1. The summed E-state index contributed by atoms with van der Waals surface area (Å²) in [5.41, 5.74) is 7.91. The molecule has 5 atom stereocenters. The number of allylic oxidation sites excluding steroid dienone is 1. The molecule has 0 spiro atoms. The highest BCUT2D eigenvalue weighted by atomic mass is 35.5. The number of H-pyrrole nitrogens is 1. The summed E-state index contributed by atoms with van der Waals surface area (Å²) in [7, 11) is 0. The number of nitrogens with two attached hydrogens (primary N) is 1. The molecule has 2 aliphatic rings. The molecule has 5 rings (SSSR count). The number of hydrogen-bond donors (Lipinski definition) is 6. The van der Waals surface area contributed by atoms with Crippen LogP contribution in [0.4, 0.5) is 5.69 Å². The minimum atomic E-state index is -1.42. The Bertz CT molecular complexity index is 1400. The summed E-state index contributed by atoms with van der Waals surface area (Å²) >= 11 is 6.49. The van der Waals surface area contributed by atoms with Crippen molar-refractivity contribution >= 4 is 46.2 Å². The maximum atomic E-state index is 12.5. The molecule has 2 aliphatic carbocycles. The molecular weight excluding hydrogens is 488 g/mol. The molecule has 2 bridgehead atoms. The Morgan fingerprint density at radius 1 is 1.25 bits per heavy atom. The van der Waals surface area contributed by atoms with E-state index in [-0.39, 0.29) is 35.3 Å². The van der Waals surface area contributed by atoms with Crippen LogP contribution < -0.4 is 16.4 Å². The van der Waals surface area contributed by atoms with Gasteiger partial charge in [-0.05, 0) is 30.4 Å². The van der Waals surface area contributed by atoms with Gasteiger partial charge >= 0.3 is 5.97 Å². The highest BCUT2D eigenvalue weighted by Crippen LogP contribution is 2.46.